The van der Waals surface area contributed by atoms with E-state index < -0.39 is 0 Å². The summed E-state index contributed by atoms with van der Waals surface area (Å²) in [7, 11) is 0. The predicted octanol–water partition coefficient (Wildman–Crippen LogP) is -0.647. The first-order chi connectivity index (χ1) is 6.70. The number of carbonyl (C=O) groups excluding carboxylic acids is 1. The van der Waals surface area contributed by atoms with Gasteiger partial charge in [0, 0.05) is 0 Å². The van der Waals surface area contributed by atoms with E-state index in [0.29, 0.717) is 6.61 Å². The van der Waals surface area contributed by atoms with Crippen molar-refractivity contribution >= 4 is 21.9 Å². The van der Waals surface area contributed by atoms with E-state index in [9.17, 15) is 4.79 Å². The molecule has 1 rings (SSSR count). The van der Waals surface area contributed by atoms with Crippen molar-refractivity contribution in [2.24, 2.45) is 0 Å². The van der Waals surface area contributed by atoms with Crippen molar-refractivity contribution in [1.82, 2.24) is 0 Å². The molecule has 0 bridgehead atoms. The summed E-state index contributed by atoms with van der Waals surface area (Å²) in [5.74, 6) is -0.377. The van der Waals surface area contributed by atoms with Crippen LogP contribution in [0.1, 0.15) is 0 Å². The highest BCUT2D eigenvalue weighted by Crippen LogP contribution is 2.01. The monoisotopic (exact) mass is 264 g/mol. The molecule has 0 saturated carbocycles. The van der Waals surface area contributed by atoms with Gasteiger partial charge in [0.25, 0.3) is 0 Å². The zero-order valence-electron chi connectivity index (χ0n) is 8.05. The van der Waals surface area contributed by atoms with Gasteiger partial charge in [0.05, 0.1) is 17.7 Å². The molecule has 0 aromatic carbocycles. The Hall–Kier alpha value is -0.390. The number of carbonyl (C=O) groups is 1. The first-order valence-electron chi connectivity index (χ1n) is 4.63. The van der Waals surface area contributed by atoms with Crippen LogP contribution in [-0.2, 0) is 14.3 Å². The van der Waals surface area contributed by atoms with E-state index in [1.807, 2.05) is 0 Å². The van der Waals surface area contributed by atoms with E-state index in [0.717, 1.165) is 32.8 Å². The second kappa shape index (κ2) is 6.16. The molecular weight excluding hydrogens is 250 g/mol. The molecular formula is C9H15BrNO3+. The van der Waals surface area contributed by atoms with Gasteiger partial charge in [-0.05, 0) is 15.9 Å². The lowest BCUT2D eigenvalue weighted by atomic mass is 10.4. The van der Waals surface area contributed by atoms with Crippen molar-refractivity contribution in [1.29, 1.82) is 0 Å². The maximum Gasteiger partial charge on any atom is 0.344 e. The molecule has 1 heterocycles. The molecule has 0 radical (unpaired) electrons. The van der Waals surface area contributed by atoms with Crippen LogP contribution in [0.25, 0.3) is 0 Å². The van der Waals surface area contributed by atoms with Gasteiger partial charge in [-0.25, -0.2) is 4.79 Å². The average molecular weight is 265 g/mol. The van der Waals surface area contributed by atoms with Crippen LogP contribution in [0.4, 0.5) is 0 Å². The van der Waals surface area contributed by atoms with Crippen LogP contribution in [0.3, 0.4) is 0 Å². The summed E-state index contributed by atoms with van der Waals surface area (Å²) in [6, 6.07) is 0. The number of morpholine rings is 1. The minimum atomic E-state index is -0.377. The third kappa shape index (κ3) is 4.21. The highest BCUT2D eigenvalue weighted by atomic mass is 79.9. The maximum atomic E-state index is 11.0. The van der Waals surface area contributed by atoms with E-state index >= 15 is 0 Å². The molecule has 1 fully saturated rings. The molecule has 0 aromatic rings. The number of hydrogen-bond acceptors (Lipinski definition) is 3. The fraction of sp³-hybridized carbons (Fsp3) is 0.667. The van der Waals surface area contributed by atoms with Gasteiger partial charge in [-0.1, -0.05) is 6.58 Å². The molecule has 80 valence electrons. The highest BCUT2D eigenvalue weighted by molar-refractivity contribution is 9.12. The Labute approximate surface area is 92.0 Å². The topological polar surface area (TPSA) is 40.0 Å². The van der Waals surface area contributed by atoms with Crippen LogP contribution in [-0.4, -0.2) is 45.4 Å². The Morgan fingerprint density at radius 3 is 2.71 bits per heavy atom. The summed E-state index contributed by atoms with van der Waals surface area (Å²) in [5.41, 5.74) is 0. The molecule has 1 aliphatic heterocycles. The molecule has 4 nitrogen and oxygen atoms in total. The minimum Gasteiger partial charge on any atom is -0.456 e. The van der Waals surface area contributed by atoms with Crippen molar-refractivity contribution in [3.05, 3.63) is 11.1 Å². The zero-order valence-corrected chi connectivity index (χ0v) is 9.64. The quantitative estimate of drug-likeness (QED) is 0.542. The number of halogens is 1. The van der Waals surface area contributed by atoms with Gasteiger partial charge in [-0.2, -0.15) is 0 Å². The number of esters is 1. The van der Waals surface area contributed by atoms with Crippen molar-refractivity contribution in [3.63, 3.8) is 0 Å². The molecule has 5 heteroatoms. The van der Waals surface area contributed by atoms with E-state index in [2.05, 4.69) is 22.5 Å². The smallest absolute Gasteiger partial charge is 0.344 e. The van der Waals surface area contributed by atoms with Crippen LogP contribution < -0.4 is 4.90 Å². The Morgan fingerprint density at radius 2 is 2.14 bits per heavy atom. The molecule has 0 amide bonds. The second-order valence-corrected chi connectivity index (χ2v) is 4.11. The van der Waals surface area contributed by atoms with E-state index in [1.54, 1.807) is 0 Å². The second-order valence-electron chi connectivity index (χ2n) is 3.15. The number of hydrogen-bond donors (Lipinski definition) is 1. The standard InChI is InChI=1S/C9H14BrNO3/c1-8(10)9(12)14-7-4-11-2-5-13-6-3-11/h1-7H2/p+1. The van der Waals surface area contributed by atoms with Crippen LogP contribution in [0.2, 0.25) is 0 Å². The molecule has 0 atom stereocenters. The number of nitrogens with one attached hydrogen (secondary N) is 1. The first-order valence-corrected chi connectivity index (χ1v) is 5.42. The summed E-state index contributed by atoms with van der Waals surface area (Å²) in [6.07, 6.45) is 0. The fourth-order valence-corrected chi connectivity index (χ4v) is 1.39. The van der Waals surface area contributed by atoms with Crippen LogP contribution in [0.15, 0.2) is 11.1 Å². The minimum absolute atomic E-state index is 0.273. The molecule has 0 aliphatic carbocycles. The maximum absolute atomic E-state index is 11.0. The van der Waals surface area contributed by atoms with Gasteiger partial charge in [-0.15, -0.1) is 0 Å². The predicted molar refractivity (Wildman–Crippen MR) is 55.4 cm³/mol. The lowest BCUT2D eigenvalue weighted by Crippen LogP contribution is -3.14. The van der Waals surface area contributed by atoms with Gasteiger partial charge in [0.2, 0.25) is 0 Å². The summed E-state index contributed by atoms with van der Waals surface area (Å²) in [6.45, 7) is 8.31. The largest absolute Gasteiger partial charge is 0.456 e. The number of ether oxygens (including phenoxy) is 2. The van der Waals surface area contributed by atoms with Gasteiger partial charge in [0.1, 0.15) is 26.2 Å². The van der Waals surface area contributed by atoms with Crippen molar-refractivity contribution < 1.29 is 19.2 Å². The Balaban J connectivity index is 2.08. The van der Waals surface area contributed by atoms with Crippen LogP contribution in [0, 0.1) is 0 Å². The normalized spacial score (nSPS) is 17.8. The Kier molecular flexibility index (Phi) is 5.14. The fourth-order valence-electron chi connectivity index (χ4n) is 1.28. The van der Waals surface area contributed by atoms with E-state index in [4.69, 9.17) is 9.47 Å². The molecule has 0 unspecified atom stereocenters. The van der Waals surface area contributed by atoms with Gasteiger partial charge < -0.3 is 14.4 Å². The van der Waals surface area contributed by atoms with Gasteiger partial charge in [-0.3, -0.25) is 0 Å². The third-order valence-corrected chi connectivity index (χ3v) is 2.43. The van der Waals surface area contributed by atoms with E-state index in [-0.39, 0.29) is 10.5 Å². The van der Waals surface area contributed by atoms with Crippen LogP contribution >= 0.6 is 15.9 Å². The highest BCUT2D eigenvalue weighted by Gasteiger charge is 2.14. The molecule has 14 heavy (non-hydrogen) atoms. The number of rotatable bonds is 4. The van der Waals surface area contributed by atoms with Crippen molar-refractivity contribution in [2.45, 2.75) is 0 Å². The van der Waals surface area contributed by atoms with Gasteiger partial charge in [0.15, 0.2) is 0 Å². The van der Waals surface area contributed by atoms with Crippen LogP contribution in [0.5, 0.6) is 0 Å². The zero-order chi connectivity index (χ0) is 10.4. The Morgan fingerprint density at radius 1 is 1.50 bits per heavy atom. The molecule has 0 spiro atoms. The molecule has 1 saturated heterocycles. The number of quaternary nitrogens is 1. The molecule has 1 aliphatic rings. The SMILES string of the molecule is C=C(Br)C(=O)OCC[NH+]1CCOCC1. The lowest BCUT2D eigenvalue weighted by Gasteiger charge is -2.23. The average Bonchev–Trinajstić information content (AvgIpc) is 2.19. The van der Waals surface area contributed by atoms with Gasteiger partial charge >= 0.3 is 5.97 Å². The Bertz CT molecular complexity index is 214. The van der Waals surface area contributed by atoms with Crippen molar-refractivity contribution in [2.75, 3.05) is 39.5 Å². The van der Waals surface area contributed by atoms with E-state index in [1.165, 1.54) is 4.90 Å². The summed E-state index contributed by atoms with van der Waals surface area (Å²) >= 11 is 2.97. The third-order valence-electron chi connectivity index (χ3n) is 2.11. The van der Waals surface area contributed by atoms with Crippen molar-refractivity contribution in [3.8, 4) is 0 Å². The summed E-state index contributed by atoms with van der Waals surface area (Å²) in [4.78, 5) is 12.4. The molecule has 0 aromatic heterocycles. The summed E-state index contributed by atoms with van der Waals surface area (Å²) in [5, 5.41) is 0. The lowest BCUT2D eigenvalue weighted by molar-refractivity contribution is -0.908. The first kappa shape index (κ1) is 11.7. The summed E-state index contributed by atoms with van der Waals surface area (Å²) < 4.78 is 10.4. The molecule has 1 N–H and O–H groups in total.